The first-order valence-electron chi connectivity index (χ1n) is 12.1. The zero-order valence-corrected chi connectivity index (χ0v) is 20.9. The van der Waals surface area contributed by atoms with E-state index in [1.807, 2.05) is 55.5 Å². The molecule has 0 aliphatic heterocycles. The molecule has 0 heterocycles. The average molecular weight is 487 g/mol. The number of nitrogens with one attached hydrogen (secondary N) is 1. The van der Waals surface area contributed by atoms with E-state index in [0.717, 1.165) is 42.7 Å². The standard InChI is InChI=1S/C27H35ClN2O4/c1-3-25(27(32)29-21-10-5-6-11-21)30(19-20-9-4-7-12-24(20)28)26(31)13-8-18-34-23-16-14-22(33-2)15-17-23/h4,7,9,12,14-17,21,25H,3,5-6,8,10-11,13,18-19H2,1-2H3,(H,29,32)/t25-/m1/s1. The molecule has 2 aromatic rings. The van der Waals surface area contributed by atoms with Crippen LogP contribution in [0.25, 0.3) is 0 Å². The molecule has 1 aliphatic carbocycles. The minimum atomic E-state index is -0.535. The predicted molar refractivity (Wildman–Crippen MR) is 134 cm³/mol. The first-order chi connectivity index (χ1) is 16.5. The summed E-state index contributed by atoms with van der Waals surface area (Å²) in [4.78, 5) is 28.2. The van der Waals surface area contributed by atoms with E-state index >= 15 is 0 Å². The molecule has 1 aliphatic rings. The first-order valence-corrected chi connectivity index (χ1v) is 12.5. The van der Waals surface area contributed by atoms with Gasteiger partial charge in [0.25, 0.3) is 0 Å². The van der Waals surface area contributed by atoms with Crippen LogP contribution in [-0.4, -0.2) is 42.5 Å². The number of carbonyl (C=O) groups is 2. The van der Waals surface area contributed by atoms with E-state index in [4.69, 9.17) is 21.1 Å². The lowest BCUT2D eigenvalue weighted by Gasteiger charge is -2.32. The SMILES string of the molecule is CC[C@H](C(=O)NC1CCCC1)N(Cc1ccccc1Cl)C(=O)CCCOc1ccc(OC)cc1. The van der Waals surface area contributed by atoms with E-state index in [-0.39, 0.29) is 24.3 Å². The second kappa shape index (κ2) is 13.2. The van der Waals surface area contributed by atoms with E-state index in [2.05, 4.69) is 5.32 Å². The molecule has 2 aromatic carbocycles. The summed E-state index contributed by atoms with van der Waals surface area (Å²) in [6, 6.07) is 14.5. The van der Waals surface area contributed by atoms with Crippen molar-refractivity contribution in [1.29, 1.82) is 0 Å². The summed E-state index contributed by atoms with van der Waals surface area (Å²) in [5.41, 5.74) is 0.833. The summed E-state index contributed by atoms with van der Waals surface area (Å²) in [7, 11) is 1.62. The number of rotatable bonds is 12. The predicted octanol–water partition coefficient (Wildman–Crippen LogP) is 5.37. The molecule has 1 N–H and O–H groups in total. The zero-order chi connectivity index (χ0) is 24.3. The maximum atomic E-state index is 13.3. The normalized spacial score (nSPS) is 14.4. The second-order valence-corrected chi connectivity index (χ2v) is 9.06. The highest BCUT2D eigenvalue weighted by molar-refractivity contribution is 6.31. The molecule has 6 nitrogen and oxygen atoms in total. The van der Waals surface area contributed by atoms with Crippen LogP contribution in [-0.2, 0) is 16.1 Å². The van der Waals surface area contributed by atoms with Crippen molar-refractivity contribution in [3.63, 3.8) is 0 Å². The van der Waals surface area contributed by atoms with Gasteiger partial charge in [-0.05, 0) is 61.6 Å². The minimum Gasteiger partial charge on any atom is -0.497 e. The van der Waals surface area contributed by atoms with Crippen molar-refractivity contribution in [3.8, 4) is 11.5 Å². The van der Waals surface area contributed by atoms with Gasteiger partial charge in [-0.3, -0.25) is 9.59 Å². The Morgan fingerprint density at radius 3 is 2.41 bits per heavy atom. The van der Waals surface area contributed by atoms with Crippen LogP contribution in [0.15, 0.2) is 48.5 Å². The van der Waals surface area contributed by atoms with Gasteiger partial charge in [0.1, 0.15) is 17.5 Å². The molecule has 0 radical (unpaired) electrons. The van der Waals surface area contributed by atoms with Gasteiger partial charge in [0.05, 0.1) is 13.7 Å². The molecule has 0 saturated heterocycles. The van der Waals surface area contributed by atoms with Crippen LogP contribution in [0.2, 0.25) is 5.02 Å². The molecule has 3 rings (SSSR count). The Kier molecular flexibility index (Phi) is 10.1. The van der Waals surface area contributed by atoms with Crippen LogP contribution in [0.4, 0.5) is 0 Å². The van der Waals surface area contributed by atoms with Crippen molar-refractivity contribution < 1.29 is 19.1 Å². The number of benzene rings is 2. The summed E-state index contributed by atoms with van der Waals surface area (Å²) in [5, 5.41) is 3.75. The fourth-order valence-corrected chi connectivity index (χ4v) is 4.52. The highest BCUT2D eigenvalue weighted by atomic mass is 35.5. The first kappa shape index (κ1) is 25.9. The number of amides is 2. The maximum Gasteiger partial charge on any atom is 0.243 e. The summed E-state index contributed by atoms with van der Waals surface area (Å²) in [6.45, 7) is 2.65. The molecular formula is C27H35ClN2O4. The maximum absolute atomic E-state index is 13.3. The molecule has 0 bridgehead atoms. The Hall–Kier alpha value is -2.73. The molecule has 7 heteroatoms. The number of carbonyl (C=O) groups excluding carboxylic acids is 2. The number of hydrogen-bond acceptors (Lipinski definition) is 4. The van der Waals surface area contributed by atoms with Gasteiger partial charge in [-0.2, -0.15) is 0 Å². The fraction of sp³-hybridized carbons (Fsp3) is 0.481. The van der Waals surface area contributed by atoms with Crippen molar-refractivity contribution in [2.45, 2.75) is 70.5 Å². The van der Waals surface area contributed by atoms with Gasteiger partial charge in [0.15, 0.2) is 0 Å². The van der Waals surface area contributed by atoms with E-state index in [1.54, 1.807) is 12.0 Å². The Bertz CT molecular complexity index is 928. The quantitative estimate of drug-likeness (QED) is 0.409. The zero-order valence-electron chi connectivity index (χ0n) is 20.1. The number of ether oxygens (including phenoxy) is 2. The van der Waals surface area contributed by atoms with Gasteiger partial charge >= 0.3 is 0 Å². The molecule has 1 saturated carbocycles. The van der Waals surface area contributed by atoms with Crippen molar-refractivity contribution in [1.82, 2.24) is 10.2 Å². The molecule has 2 amide bonds. The van der Waals surface area contributed by atoms with Crippen LogP contribution >= 0.6 is 11.6 Å². The van der Waals surface area contributed by atoms with Gasteiger partial charge in [-0.25, -0.2) is 0 Å². The van der Waals surface area contributed by atoms with Crippen LogP contribution in [0.1, 0.15) is 57.4 Å². The Morgan fingerprint density at radius 1 is 1.09 bits per heavy atom. The molecule has 0 unspecified atom stereocenters. The minimum absolute atomic E-state index is 0.0772. The number of hydrogen-bond donors (Lipinski definition) is 1. The van der Waals surface area contributed by atoms with Gasteiger partial charge in [0, 0.05) is 24.0 Å². The lowest BCUT2D eigenvalue weighted by atomic mass is 10.1. The van der Waals surface area contributed by atoms with Gasteiger partial charge in [-0.15, -0.1) is 0 Å². The molecule has 1 atom stereocenters. The molecule has 1 fully saturated rings. The van der Waals surface area contributed by atoms with Crippen LogP contribution in [0.5, 0.6) is 11.5 Å². The van der Waals surface area contributed by atoms with Gasteiger partial charge < -0.3 is 19.7 Å². The largest absolute Gasteiger partial charge is 0.497 e. The number of nitrogens with zero attached hydrogens (tertiary/aromatic N) is 1. The average Bonchev–Trinajstić information content (AvgIpc) is 3.36. The lowest BCUT2D eigenvalue weighted by molar-refractivity contribution is -0.141. The number of methoxy groups -OCH3 is 1. The third-order valence-electron chi connectivity index (χ3n) is 6.25. The number of halogens is 1. The van der Waals surface area contributed by atoms with Crippen molar-refractivity contribution in [2.24, 2.45) is 0 Å². The van der Waals surface area contributed by atoms with Crippen LogP contribution in [0, 0.1) is 0 Å². The van der Waals surface area contributed by atoms with Crippen molar-refractivity contribution in [3.05, 3.63) is 59.1 Å². The molecular weight excluding hydrogens is 452 g/mol. The Balaban J connectivity index is 1.63. The highest BCUT2D eigenvalue weighted by Crippen LogP contribution is 2.23. The third kappa shape index (κ3) is 7.39. The van der Waals surface area contributed by atoms with Crippen molar-refractivity contribution >= 4 is 23.4 Å². The molecule has 0 aromatic heterocycles. The summed E-state index contributed by atoms with van der Waals surface area (Å²) in [6.07, 6.45) is 5.65. The Morgan fingerprint density at radius 2 is 1.76 bits per heavy atom. The van der Waals surface area contributed by atoms with Crippen molar-refractivity contribution in [2.75, 3.05) is 13.7 Å². The molecule has 0 spiro atoms. The monoisotopic (exact) mass is 486 g/mol. The van der Waals surface area contributed by atoms with E-state index in [1.165, 1.54) is 0 Å². The molecule has 34 heavy (non-hydrogen) atoms. The smallest absolute Gasteiger partial charge is 0.243 e. The summed E-state index contributed by atoms with van der Waals surface area (Å²) in [5.74, 6) is 1.33. The van der Waals surface area contributed by atoms with Gasteiger partial charge in [0.2, 0.25) is 11.8 Å². The highest BCUT2D eigenvalue weighted by Gasteiger charge is 2.30. The van der Waals surface area contributed by atoms with Crippen LogP contribution < -0.4 is 14.8 Å². The van der Waals surface area contributed by atoms with E-state index in [0.29, 0.717) is 31.0 Å². The van der Waals surface area contributed by atoms with Crippen LogP contribution in [0.3, 0.4) is 0 Å². The lowest BCUT2D eigenvalue weighted by Crippen LogP contribution is -2.51. The van der Waals surface area contributed by atoms with E-state index in [9.17, 15) is 9.59 Å². The summed E-state index contributed by atoms with van der Waals surface area (Å²) < 4.78 is 10.9. The summed E-state index contributed by atoms with van der Waals surface area (Å²) >= 11 is 6.39. The topological polar surface area (TPSA) is 67.9 Å². The second-order valence-electron chi connectivity index (χ2n) is 8.65. The Labute approximate surface area is 207 Å². The van der Waals surface area contributed by atoms with Gasteiger partial charge in [-0.1, -0.05) is 49.6 Å². The fourth-order valence-electron chi connectivity index (χ4n) is 4.33. The van der Waals surface area contributed by atoms with E-state index < -0.39 is 6.04 Å². The molecule has 184 valence electrons. The third-order valence-corrected chi connectivity index (χ3v) is 6.62.